The Morgan fingerprint density at radius 2 is 2.21 bits per heavy atom. The van der Waals surface area contributed by atoms with Crippen molar-refractivity contribution in [2.45, 2.75) is 24.0 Å². The summed E-state index contributed by atoms with van der Waals surface area (Å²) < 4.78 is 6.37. The number of aliphatic hydroxyl groups excluding tert-OH is 3. The highest BCUT2D eigenvalue weighted by atomic mass is 16.6. The molecule has 7 N–H and O–H groups in total. The van der Waals surface area contributed by atoms with Crippen molar-refractivity contribution >= 4 is 5.82 Å². The third-order valence-electron chi connectivity index (χ3n) is 3.25. The summed E-state index contributed by atoms with van der Waals surface area (Å²) in [6, 6.07) is 1.35. The maximum atomic E-state index is 11.7. The smallest absolute Gasteiger partial charge is 0.351 e. The molecule has 0 unspecified atom stereocenters. The number of anilines is 1. The van der Waals surface area contributed by atoms with Crippen LogP contribution in [0.2, 0.25) is 0 Å². The van der Waals surface area contributed by atoms with Gasteiger partial charge in [0.2, 0.25) is 0 Å². The Hall–Kier alpha value is -1.52. The van der Waals surface area contributed by atoms with E-state index in [2.05, 4.69) is 4.98 Å². The van der Waals surface area contributed by atoms with Crippen molar-refractivity contribution in [2.24, 2.45) is 5.73 Å². The molecule has 19 heavy (non-hydrogen) atoms. The van der Waals surface area contributed by atoms with E-state index >= 15 is 0 Å². The number of rotatable bonds is 3. The van der Waals surface area contributed by atoms with Crippen LogP contribution >= 0.6 is 0 Å². The van der Waals surface area contributed by atoms with Crippen LogP contribution in [0.15, 0.2) is 17.1 Å². The number of hydrogen-bond donors (Lipinski definition) is 5. The summed E-state index contributed by atoms with van der Waals surface area (Å²) in [5, 5.41) is 29.1. The fraction of sp³-hybridized carbons (Fsp3) is 0.600. The molecule has 9 nitrogen and oxygen atoms in total. The lowest BCUT2D eigenvalue weighted by atomic mass is 9.96. The van der Waals surface area contributed by atoms with Gasteiger partial charge < -0.3 is 31.5 Å². The van der Waals surface area contributed by atoms with Crippen molar-refractivity contribution in [1.82, 2.24) is 9.55 Å². The van der Waals surface area contributed by atoms with Gasteiger partial charge in [0, 0.05) is 12.7 Å². The molecule has 1 aliphatic rings. The van der Waals surface area contributed by atoms with Crippen LogP contribution in [0.25, 0.3) is 0 Å². The fourth-order valence-electron chi connectivity index (χ4n) is 2.05. The molecule has 4 atom stereocenters. The van der Waals surface area contributed by atoms with Gasteiger partial charge in [-0.2, -0.15) is 4.98 Å². The monoisotopic (exact) mass is 272 g/mol. The van der Waals surface area contributed by atoms with Gasteiger partial charge in [-0.25, -0.2) is 4.79 Å². The quantitative estimate of drug-likeness (QED) is 0.384. The first-order chi connectivity index (χ1) is 8.95. The highest BCUT2D eigenvalue weighted by Gasteiger charge is 2.54. The van der Waals surface area contributed by atoms with Crippen LogP contribution in [0, 0.1) is 0 Å². The van der Waals surface area contributed by atoms with Gasteiger partial charge >= 0.3 is 5.69 Å². The van der Waals surface area contributed by atoms with Crippen molar-refractivity contribution in [3.8, 4) is 0 Å². The summed E-state index contributed by atoms with van der Waals surface area (Å²) in [6.45, 7) is -0.801. The molecule has 0 bridgehead atoms. The molecular formula is C10H16N4O5. The van der Waals surface area contributed by atoms with E-state index in [0.717, 1.165) is 4.57 Å². The van der Waals surface area contributed by atoms with Crippen LogP contribution < -0.4 is 17.2 Å². The summed E-state index contributed by atoms with van der Waals surface area (Å²) in [7, 11) is 0. The van der Waals surface area contributed by atoms with Gasteiger partial charge in [-0.15, -0.1) is 0 Å². The highest BCUT2D eigenvalue weighted by molar-refractivity contribution is 5.23. The Morgan fingerprint density at radius 1 is 1.53 bits per heavy atom. The first kappa shape index (κ1) is 13.9. The lowest BCUT2D eigenvalue weighted by Gasteiger charge is -2.27. The Morgan fingerprint density at radius 3 is 2.68 bits per heavy atom. The number of aliphatic hydroxyl groups is 3. The van der Waals surface area contributed by atoms with Crippen LogP contribution in [0.4, 0.5) is 5.82 Å². The maximum Gasteiger partial charge on any atom is 0.351 e. The van der Waals surface area contributed by atoms with Crippen LogP contribution in [-0.4, -0.2) is 55.8 Å². The van der Waals surface area contributed by atoms with Crippen LogP contribution in [0.5, 0.6) is 0 Å². The van der Waals surface area contributed by atoms with Gasteiger partial charge in [0.1, 0.15) is 23.6 Å². The van der Waals surface area contributed by atoms with E-state index in [1.807, 2.05) is 0 Å². The lowest BCUT2D eigenvalue weighted by molar-refractivity contribution is -0.123. The fourth-order valence-corrected chi connectivity index (χ4v) is 2.05. The Bertz CT molecular complexity index is 515. The second-order valence-corrected chi connectivity index (χ2v) is 4.41. The molecule has 1 aromatic rings. The Kier molecular flexibility index (Phi) is 3.56. The molecule has 1 aliphatic heterocycles. The molecule has 106 valence electrons. The minimum absolute atomic E-state index is 0.0292. The average Bonchev–Trinajstić information content (AvgIpc) is 2.64. The standard InChI is InChI=1S/C10H16N4O5/c11-3-10(4-15)7(17)6(16)8(19-10)14-2-1-5(12)13-9(14)18/h1-2,6-8,15-17H,3-4,11H2,(H2,12,13,18)/t6-,7-,8+,10+/m0/s1. The zero-order valence-electron chi connectivity index (χ0n) is 10.0. The van der Waals surface area contributed by atoms with E-state index in [-0.39, 0.29) is 12.4 Å². The Labute approximate surface area is 108 Å². The zero-order valence-corrected chi connectivity index (χ0v) is 10.0. The molecule has 2 rings (SSSR count). The molecule has 0 radical (unpaired) electrons. The molecule has 0 aliphatic carbocycles. The molecule has 0 saturated carbocycles. The minimum atomic E-state index is -1.51. The van der Waals surface area contributed by atoms with E-state index in [0.29, 0.717) is 0 Å². The van der Waals surface area contributed by atoms with Gasteiger partial charge in [0.05, 0.1) is 6.61 Å². The van der Waals surface area contributed by atoms with Crippen molar-refractivity contribution in [2.75, 3.05) is 18.9 Å². The second-order valence-electron chi connectivity index (χ2n) is 4.41. The predicted octanol–water partition coefficient (Wildman–Crippen LogP) is -3.23. The topological polar surface area (TPSA) is 157 Å². The molecule has 0 aromatic carbocycles. The van der Waals surface area contributed by atoms with Crippen LogP contribution in [-0.2, 0) is 4.74 Å². The first-order valence-corrected chi connectivity index (χ1v) is 5.65. The molecule has 0 amide bonds. The number of ether oxygens (including phenoxy) is 1. The van der Waals surface area contributed by atoms with Crippen LogP contribution in [0.1, 0.15) is 6.23 Å². The van der Waals surface area contributed by atoms with Gasteiger partial charge in [-0.3, -0.25) is 4.57 Å². The van der Waals surface area contributed by atoms with Gasteiger partial charge in [0.15, 0.2) is 6.23 Å². The molecule has 9 heteroatoms. The van der Waals surface area contributed by atoms with E-state index in [4.69, 9.17) is 16.2 Å². The predicted molar refractivity (Wildman–Crippen MR) is 63.9 cm³/mol. The molecular weight excluding hydrogens is 256 g/mol. The zero-order chi connectivity index (χ0) is 14.2. The SMILES string of the molecule is NC[C@]1(CO)O[C@@H](n2ccc(N)nc2=O)[C@@H](O)[C@@H]1O. The van der Waals surface area contributed by atoms with Crippen molar-refractivity contribution in [3.63, 3.8) is 0 Å². The molecule has 1 fully saturated rings. The molecule has 1 saturated heterocycles. The number of nitrogens with two attached hydrogens (primary N) is 2. The minimum Gasteiger partial charge on any atom is -0.393 e. The largest absolute Gasteiger partial charge is 0.393 e. The molecule has 1 aromatic heterocycles. The average molecular weight is 272 g/mol. The molecule has 0 spiro atoms. The summed E-state index contributed by atoms with van der Waals surface area (Å²) in [4.78, 5) is 15.2. The third kappa shape index (κ3) is 2.11. The summed E-state index contributed by atoms with van der Waals surface area (Å²) >= 11 is 0. The van der Waals surface area contributed by atoms with Crippen molar-refractivity contribution in [1.29, 1.82) is 0 Å². The van der Waals surface area contributed by atoms with E-state index in [1.54, 1.807) is 0 Å². The summed E-state index contributed by atoms with van der Waals surface area (Å²) in [5.41, 5.74) is 8.57. The van der Waals surface area contributed by atoms with E-state index < -0.39 is 36.3 Å². The number of nitrogen functional groups attached to an aromatic ring is 1. The number of nitrogens with zero attached hydrogens (tertiary/aromatic N) is 2. The van der Waals surface area contributed by atoms with Gasteiger partial charge in [-0.05, 0) is 6.07 Å². The van der Waals surface area contributed by atoms with Gasteiger partial charge in [-0.1, -0.05) is 0 Å². The lowest BCUT2D eigenvalue weighted by Crippen LogP contribution is -2.51. The number of aromatic nitrogens is 2. The summed E-state index contributed by atoms with van der Waals surface area (Å²) in [5.74, 6) is 0.0292. The highest BCUT2D eigenvalue weighted by Crippen LogP contribution is 2.35. The first-order valence-electron chi connectivity index (χ1n) is 5.65. The van der Waals surface area contributed by atoms with E-state index in [9.17, 15) is 20.1 Å². The van der Waals surface area contributed by atoms with E-state index in [1.165, 1.54) is 12.3 Å². The van der Waals surface area contributed by atoms with Crippen molar-refractivity contribution < 1.29 is 20.1 Å². The Balaban J connectivity index is 2.39. The normalized spacial score (nSPS) is 34.6. The van der Waals surface area contributed by atoms with Crippen LogP contribution in [0.3, 0.4) is 0 Å². The van der Waals surface area contributed by atoms with Crippen molar-refractivity contribution in [3.05, 3.63) is 22.7 Å². The van der Waals surface area contributed by atoms with Gasteiger partial charge in [0.25, 0.3) is 0 Å². The maximum absolute atomic E-state index is 11.7. The second kappa shape index (κ2) is 4.87. The molecule has 2 heterocycles. The third-order valence-corrected chi connectivity index (χ3v) is 3.25. The number of hydrogen-bond acceptors (Lipinski definition) is 8. The summed E-state index contributed by atoms with van der Waals surface area (Å²) in [6.07, 6.45) is -2.74.